The Bertz CT molecular complexity index is 1660. The first kappa shape index (κ1) is 34.1. The van der Waals surface area contributed by atoms with Crippen molar-refractivity contribution < 1.29 is 33.0 Å². The lowest BCUT2D eigenvalue weighted by molar-refractivity contribution is -0.148. The van der Waals surface area contributed by atoms with Gasteiger partial charge in [0.05, 0.1) is 12.6 Å². The molecule has 2 aromatic rings. The third kappa shape index (κ3) is 6.40. The van der Waals surface area contributed by atoms with E-state index in [9.17, 15) is 24.4 Å². The summed E-state index contributed by atoms with van der Waals surface area (Å²) in [4.78, 5) is 62.9. The molecule has 1 spiro atoms. The maximum absolute atomic E-state index is 15.2. The van der Waals surface area contributed by atoms with Crippen LogP contribution in [-0.4, -0.2) is 81.6 Å². The van der Waals surface area contributed by atoms with Gasteiger partial charge >= 0.3 is 6.09 Å². The number of halogens is 1. The van der Waals surface area contributed by atoms with Crippen LogP contribution in [0.1, 0.15) is 65.5 Å². The second kappa shape index (κ2) is 12.9. The molecule has 4 amide bonds. The number of nitrogens with one attached hydrogen (secondary N) is 2. The van der Waals surface area contributed by atoms with E-state index in [1.807, 2.05) is 37.3 Å². The van der Waals surface area contributed by atoms with E-state index in [0.29, 0.717) is 12.2 Å². The molecule has 2 saturated heterocycles. The number of nitrogens with zero attached hydrogens (tertiary/aromatic N) is 4. The number of hydrogen-bond donors (Lipinski definition) is 2. The molecular weight excluding hydrogens is 631 g/mol. The number of ether oxygens (including phenoxy) is 2. The summed E-state index contributed by atoms with van der Waals surface area (Å²) >= 11 is 0. The van der Waals surface area contributed by atoms with Crippen molar-refractivity contribution in [2.24, 2.45) is 23.2 Å². The maximum atomic E-state index is 15.2. The summed E-state index contributed by atoms with van der Waals surface area (Å²) in [6, 6.07) is 11.4. The van der Waals surface area contributed by atoms with Gasteiger partial charge in [0.2, 0.25) is 17.4 Å². The molecule has 260 valence electrons. The van der Waals surface area contributed by atoms with E-state index in [1.165, 1.54) is 16.0 Å². The second-order valence-electron chi connectivity index (χ2n) is 14.9. The first-order valence-corrected chi connectivity index (χ1v) is 16.8. The molecule has 1 aromatic heterocycles. The van der Waals surface area contributed by atoms with Crippen molar-refractivity contribution >= 4 is 29.6 Å². The third-order valence-corrected chi connectivity index (χ3v) is 10.5. The van der Waals surface area contributed by atoms with Gasteiger partial charge in [-0.15, -0.1) is 0 Å². The highest BCUT2D eigenvalue weighted by Gasteiger charge is 2.60. The number of pyridine rings is 1. The number of hydrogen-bond acceptors (Lipinski definition) is 8. The number of likely N-dealkylation sites (tertiary alicyclic amines) is 2. The van der Waals surface area contributed by atoms with Gasteiger partial charge in [0.15, 0.2) is 11.6 Å². The number of carbonyl (C=O) groups excluding carboxylic acids is 4. The van der Waals surface area contributed by atoms with Gasteiger partial charge in [-0.25, -0.2) is 14.2 Å². The highest BCUT2D eigenvalue weighted by atomic mass is 19.1. The number of nitriles is 1. The first-order chi connectivity index (χ1) is 23.2. The molecule has 9 atom stereocenters. The molecule has 4 heterocycles. The van der Waals surface area contributed by atoms with Crippen molar-refractivity contribution in [3.05, 3.63) is 54.2 Å². The minimum absolute atomic E-state index is 0.0751. The van der Waals surface area contributed by atoms with Gasteiger partial charge in [-0.3, -0.25) is 14.4 Å². The van der Waals surface area contributed by atoms with E-state index in [2.05, 4.69) is 21.7 Å². The molecule has 49 heavy (non-hydrogen) atoms. The summed E-state index contributed by atoms with van der Waals surface area (Å²) < 4.78 is 27.0. The normalized spacial score (nSPS) is 30.3. The van der Waals surface area contributed by atoms with E-state index in [1.54, 1.807) is 39.8 Å². The summed E-state index contributed by atoms with van der Waals surface area (Å²) in [5, 5.41) is 15.7. The molecule has 1 aliphatic carbocycles. The third-order valence-electron chi connectivity index (χ3n) is 10.5. The van der Waals surface area contributed by atoms with Crippen molar-refractivity contribution in [1.29, 1.82) is 5.26 Å². The van der Waals surface area contributed by atoms with Gasteiger partial charge in [0.1, 0.15) is 30.4 Å². The molecule has 13 heteroatoms. The molecular formula is C36H43FN6O6. The Morgan fingerprint density at radius 3 is 2.57 bits per heavy atom. The summed E-state index contributed by atoms with van der Waals surface area (Å²) in [6.45, 7) is 9.02. The van der Waals surface area contributed by atoms with Crippen LogP contribution in [0.25, 0.3) is 0 Å². The molecule has 3 fully saturated rings. The molecule has 6 rings (SSSR count). The summed E-state index contributed by atoms with van der Waals surface area (Å²) in [6.07, 6.45) is -0.740. The van der Waals surface area contributed by atoms with E-state index in [4.69, 9.17) is 9.47 Å². The summed E-state index contributed by atoms with van der Waals surface area (Å²) in [5.74, 6) is -1.83. The van der Waals surface area contributed by atoms with Crippen molar-refractivity contribution in [3.8, 4) is 11.8 Å². The quantitative estimate of drug-likeness (QED) is 0.474. The standard InChI is InChI=1S/C36H43FN6O6/c1-20-14-23(37)15-25-26(20)18-42(32(45)29(35(3,4)5)40-34(47)48-21(2)22-10-7-6-8-11-22)28(25)31(44)43-19-36(16-24(43)17-38)33(46)41-30-27(49-36)12-9-13-39-30/h6-13,20-21,23-26,28-29H,14-16,18-19H2,1-5H3,(H,40,47)(H,39,41,46)/t20-,21-,23+,24-,25-,26+,28-,29+,36+/m0/s1. The molecule has 0 bridgehead atoms. The van der Waals surface area contributed by atoms with E-state index in [-0.39, 0.29) is 43.6 Å². The zero-order valence-corrected chi connectivity index (χ0v) is 28.4. The second-order valence-corrected chi connectivity index (χ2v) is 14.9. The highest BCUT2D eigenvalue weighted by Crippen LogP contribution is 2.47. The Morgan fingerprint density at radius 2 is 1.88 bits per heavy atom. The largest absolute Gasteiger partial charge is 0.472 e. The van der Waals surface area contributed by atoms with Crippen LogP contribution in [-0.2, 0) is 19.1 Å². The topological polar surface area (TPSA) is 154 Å². The van der Waals surface area contributed by atoms with Gasteiger partial charge in [-0.2, -0.15) is 5.26 Å². The van der Waals surface area contributed by atoms with Crippen molar-refractivity contribution in [2.75, 3.05) is 18.4 Å². The fourth-order valence-corrected chi connectivity index (χ4v) is 7.95. The number of fused-ring (bicyclic) bond motifs is 2. The molecule has 0 unspecified atom stereocenters. The van der Waals surface area contributed by atoms with Crippen LogP contribution in [0.2, 0.25) is 0 Å². The van der Waals surface area contributed by atoms with Crippen LogP contribution < -0.4 is 15.4 Å². The number of aromatic nitrogens is 1. The lowest BCUT2D eigenvalue weighted by atomic mass is 9.71. The lowest BCUT2D eigenvalue weighted by Crippen LogP contribution is -2.60. The molecule has 0 radical (unpaired) electrons. The summed E-state index contributed by atoms with van der Waals surface area (Å²) in [7, 11) is 0. The average Bonchev–Trinajstić information content (AvgIpc) is 3.63. The number of amides is 4. The molecule has 4 aliphatic rings. The van der Waals surface area contributed by atoms with E-state index in [0.717, 1.165) is 5.56 Å². The fourth-order valence-electron chi connectivity index (χ4n) is 7.95. The predicted octanol–water partition coefficient (Wildman–Crippen LogP) is 4.39. The minimum atomic E-state index is -1.55. The van der Waals surface area contributed by atoms with Crippen LogP contribution in [0, 0.1) is 34.5 Å². The van der Waals surface area contributed by atoms with E-state index < -0.39 is 71.1 Å². The van der Waals surface area contributed by atoms with Crippen LogP contribution in [0.4, 0.5) is 15.0 Å². The number of alkyl halides is 1. The fraction of sp³-hybridized carbons (Fsp3) is 0.556. The zero-order chi connectivity index (χ0) is 35.2. The van der Waals surface area contributed by atoms with Crippen molar-refractivity contribution in [2.45, 2.75) is 89.9 Å². The Hall–Kier alpha value is -4.73. The van der Waals surface area contributed by atoms with Crippen molar-refractivity contribution in [1.82, 2.24) is 20.1 Å². The molecule has 3 aliphatic heterocycles. The van der Waals surface area contributed by atoms with Gasteiger partial charge in [-0.05, 0) is 60.6 Å². The number of carbonyl (C=O) groups is 4. The number of rotatable bonds is 5. The van der Waals surface area contributed by atoms with Crippen LogP contribution in [0.3, 0.4) is 0 Å². The SMILES string of the molecule is C[C@H](OC(=O)N[C@H](C(=O)N1C[C@H]2[C@H](C[C@H](F)C[C@@H]2C)[C@H]1C(=O)N1C[C@@]2(C[C@H]1C#N)Oc1cccnc1NC2=O)C(C)(C)C)c1ccccc1. The Morgan fingerprint density at radius 1 is 1.14 bits per heavy atom. The van der Waals surface area contributed by atoms with Gasteiger partial charge in [0, 0.05) is 19.2 Å². The summed E-state index contributed by atoms with van der Waals surface area (Å²) in [5.41, 5.74) is -1.56. The van der Waals surface area contributed by atoms with Gasteiger partial charge < -0.3 is 29.9 Å². The van der Waals surface area contributed by atoms with Crippen LogP contribution in [0.5, 0.6) is 5.75 Å². The van der Waals surface area contributed by atoms with Crippen LogP contribution >= 0.6 is 0 Å². The van der Waals surface area contributed by atoms with Gasteiger partial charge in [0.25, 0.3) is 5.91 Å². The number of anilines is 1. The first-order valence-electron chi connectivity index (χ1n) is 16.8. The molecule has 12 nitrogen and oxygen atoms in total. The molecule has 2 N–H and O–H groups in total. The molecule has 1 aromatic carbocycles. The Labute approximate surface area is 285 Å². The van der Waals surface area contributed by atoms with Crippen LogP contribution in [0.15, 0.2) is 48.7 Å². The van der Waals surface area contributed by atoms with Gasteiger partial charge in [-0.1, -0.05) is 58.0 Å². The monoisotopic (exact) mass is 674 g/mol. The lowest BCUT2D eigenvalue weighted by Gasteiger charge is -2.38. The van der Waals surface area contributed by atoms with E-state index >= 15 is 4.39 Å². The molecule has 1 saturated carbocycles. The smallest absolute Gasteiger partial charge is 0.408 e. The Kier molecular flexibility index (Phi) is 9.02. The average molecular weight is 675 g/mol. The Balaban J connectivity index is 1.29. The maximum Gasteiger partial charge on any atom is 0.408 e. The number of benzene rings is 1. The minimum Gasteiger partial charge on any atom is -0.472 e. The highest BCUT2D eigenvalue weighted by molar-refractivity contribution is 6.01. The van der Waals surface area contributed by atoms with Crippen molar-refractivity contribution in [3.63, 3.8) is 0 Å². The predicted molar refractivity (Wildman–Crippen MR) is 175 cm³/mol. The number of alkyl carbamates (subject to hydrolysis) is 1. The zero-order valence-electron chi connectivity index (χ0n) is 28.4.